The van der Waals surface area contributed by atoms with Crippen molar-refractivity contribution < 1.29 is 23.8 Å². The third-order valence-corrected chi connectivity index (χ3v) is 4.68. The minimum Gasteiger partial charge on any atom is -0.497 e. The number of ether oxygens (including phenoxy) is 3. The molecule has 0 aliphatic rings. The number of carbonyl (C=O) groups is 2. The normalized spacial score (nSPS) is 10.6. The van der Waals surface area contributed by atoms with E-state index in [1.807, 2.05) is 6.92 Å². The molecule has 162 valence electrons. The summed E-state index contributed by atoms with van der Waals surface area (Å²) in [6.07, 6.45) is 0. The summed E-state index contributed by atoms with van der Waals surface area (Å²) in [7, 11) is 3.00. The Balaban J connectivity index is 1.71. The standard InChI is InChI=1S/C22H23N3O6/c1-5-25-18-9-6-14(10-17(18)23-13(2)21(25)27)22(28)31-12-20(26)24-16-8-7-15(29-3)11-19(16)30-4/h6-11H,5,12H2,1-4H3,(H,24,26). The Morgan fingerprint density at radius 3 is 2.55 bits per heavy atom. The van der Waals surface area contributed by atoms with Crippen LogP contribution in [0.25, 0.3) is 11.0 Å². The Kier molecular flexibility index (Phi) is 6.54. The van der Waals surface area contributed by atoms with Crippen LogP contribution in [0.3, 0.4) is 0 Å². The number of amides is 1. The number of aryl methyl sites for hydroxylation is 2. The van der Waals surface area contributed by atoms with E-state index in [1.54, 1.807) is 41.8 Å². The Morgan fingerprint density at radius 2 is 1.87 bits per heavy atom. The fraction of sp³-hybridized carbons (Fsp3) is 0.273. The van der Waals surface area contributed by atoms with Gasteiger partial charge in [-0.05, 0) is 44.2 Å². The lowest BCUT2D eigenvalue weighted by molar-refractivity contribution is -0.119. The lowest BCUT2D eigenvalue weighted by Gasteiger charge is -2.12. The van der Waals surface area contributed by atoms with Gasteiger partial charge >= 0.3 is 5.97 Å². The number of rotatable bonds is 7. The van der Waals surface area contributed by atoms with Crippen LogP contribution in [0.15, 0.2) is 41.2 Å². The van der Waals surface area contributed by atoms with Crippen LogP contribution >= 0.6 is 0 Å². The molecule has 1 amide bonds. The van der Waals surface area contributed by atoms with Gasteiger partial charge in [0.25, 0.3) is 11.5 Å². The maximum Gasteiger partial charge on any atom is 0.338 e. The van der Waals surface area contributed by atoms with Crippen molar-refractivity contribution in [3.8, 4) is 11.5 Å². The number of anilines is 1. The molecule has 0 saturated heterocycles. The van der Waals surface area contributed by atoms with Crippen LogP contribution in [-0.4, -0.2) is 42.3 Å². The number of carbonyl (C=O) groups excluding carboxylic acids is 2. The lowest BCUT2D eigenvalue weighted by atomic mass is 10.2. The second kappa shape index (κ2) is 9.29. The molecule has 1 N–H and O–H groups in total. The summed E-state index contributed by atoms with van der Waals surface area (Å²) in [6.45, 7) is 3.49. The average molecular weight is 425 g/mol. The van der Waals surface area contributed by atoms with E-state index in [4.69, 9.17) is 14.2 Å². The van der Waals surface area contributed by atoms with Gasteiger partial charge < -0.3 is 24.1 Å². The number of hydrogen-bond acceptors (Lipinski definition) is 7. The number of fused-ring (bicyclic) bond motifs is 1. The van der Waals surface area contributed by atoms with Crippen LogP contribution < -0.4 is 20.3 Å². The van der Waals surface area contributed by atoms with Crippen LogP contribution in [0, 0.1) is 6.92 Å². The van der Waals surface area contributed by atoms with E-state index in [1.165, 1.54) is 20.3 Å². The van der Waals surface area contributed by atoms with Crippen molar-refractivity contribution in [2.45, 2.75) is 20.4 Å². The van der Waals surface area contributed by atoms with Gasteiger partial charge in [-0.15, -0.1) is 0 Å². The minimum absolute atomic E-state index is 0.170. The summed E-state index contributed by atoms with van der Waals surface area (Å²) < 4.78 is 17.1. The molecule has 31 heavy (non-hydrogen) atoms. The molecule has 9 nitrogen and oxygen atoms in total. The van der Waals surface area contributed by atoms with Gasteiger partial charge in [0.1, 0.15) is 17.2 Å². The number of nitrogens with zero attached hydrogens (tertiary/aromatic N) is 2. The fourth-order valence-electron chi connectivity index (χ4n) is 3.12. The van der Waals surface area contributed by atoms with E-state index in [9.17, 15) is 14.4 Å². The smallest absolute Gasteiger partial charge is 0.338 e. The van der Waals surface area contributed by atoms with Gasteiger partial charge in [-0.1, -0.05) is 0 Å². The number of benzene rings is 2. The summed E-state index contributed by atoms with van der Waals surface area (Å²) in [5.74, 6) is -0.203. The Morgan fingerprint density at radius 1 is 1.10 bits per heavy atom. The van der Waals surface area contributed by atoms with Crippen molar-refractivity contribution in [1.82, 2.24) is 9.55 Å². The van der Waals surface area contributed by atoms with E-state index >= 15 is 0 Å². The highest BCUT2D eigenvalue weighted by Gasteiger charge is 2.15. The Labute approximate surface area is 178 Å². The zero-order chi connectivity index (χ0) is 22.5. The first-order chi connectivity index (χ1) is 14.9. The van der Waals surface area contributed by atoms with Crippen molar-refractivity contribution in [1.29, 1.82) is 0 Å². The molecular formula is C22H23N3O6. The maximum absolute atomic E-state index is 12.4. The molecule has 0 atom stereocenters. The molecule has 3 rings (SSSR count). The first-order valence-electron chi connectivity index (χ1n) is 9.58. The van der Waals surface area contributed by atoms with Crippen LogP contribution in [-0.2, 0) is 16.1 Å². The topological polar surface area (TPSA) is 109 Å². The van der Waals surface area contributed by atoms with E-state index < -0.39 is 18.5 Å². The molecule has 0 bridgehead atoms. The van der Waals surface area contributed by atoms with Gasteiger partial charge in [-0.3, -0.25) is 9.59 Å². The largest absolute Gasteiger partial charge is 0.497 e. The molecule has 0 aliphatic carbocycles. The van der Waals surface area contributed by atoms with Gasteiger partial charge in [0.15, 0.2) is 6.61 Å². The Bertz CT molecular complexity index is 1200. The zero-order valence-corrected chi connectivity index (χ0v) is 17.7. The summed E-state index contributed by atoms with van der Waals surface area (Å²) in [5.41, 5.74) is 1.95. The summed E-state index contributed by atoms with van der Waals surface area (Å²) in [4.78, 5) is 41.1. The predicted octanol–water partition coefficient (Wildman–Crippen LogP) is 2.54. The molecule has 9 heteroatoms. The number of esters is 1. The molecule has 0 spiro atoms. The Hall–Kier alpha value is -3.88. The maximum atomic E-state index is 12.4. The van der Waals surface area contributed by atoms with Crippen molar-refractivity contribution in [2.75, 3.05) is 26.1 Å². The third-order valence-electron chi connectivity index (χ3n) is 4.68. The third kappa shape index (κ3) is 4.66. The fourth-order valence-corrected chi connectivity index (χ4v) is 3.12. The predicted molar refractivity (Wildman–Crippen MR) is 115 cm³/mol. The summed E-state index contributed by atoms with van der Waals surface area (Å²) in [6, 6.07) is 9.65. The zero-order valence-electron chi connectivity index (χ0n) is 17.7. The molecule has 0 aliphatic heterocycles. The van der Waals surface area contributed by atoms with Gasteiger partial charge in [0, 0.05) is 12.6 Å². The quantitative estimate of drug-likeness (QED) is 0.580. The van der Waals surface area contributed by atoms with Gasteiger partial charge in [-0.2, -0.15) is 0 Å². The highest BCUT2D eigenvalue weighted by molar-refractivity contribution is 5.97. The molecular weight excluding hydrogens is 402 g/mol. The van der Waals surface area contributed by atoms with Gasteiger partial charge in [0.05, 0.1) is 36.5 Å². The molecule has 3 aromatic rings. The SMILES string of the molecule is CCn1c(=O)c(C)nc2cc(C(=O)OCC(=O)Nc3ccc(OC)cc3OC)ccc21. The molecule has 0 fully saturated rings. The van der Waals surface area contributed by atoms with E-state index in [0.717, 1.165) is 0 Å². The monoisotopic (exact) mass is 425 g/mol. The molecule has 0 unspecified atom stereocenters. The van der Waals surface area contributed by atoms with Crippen LogP contribution in [0.4, 0.5) is 5.69 Å². The molecule has 0 radical (unpaired) electrons. The van der Waals surface area contributed by atoms with Crippen LogP contribution in [0.2, 0.25) is 0 Å². The highest BCUT2D eigenvalue weighted by atomic mass is 16.5. The van der Waals surface area contributed by atoms with Crippen molar-refractivity contribution in [3.63, 3.8) is 0 Å². The van der Waals surface area contributed by atoms with E-state index in [0.29, 0.717) is 40.5 Å². The molecule has 1 aromatic heterocycles. The number of nitrogens with one attached hydrogen (secondary N) is 1. The molecule has 2 aromatic carbocycles. The summed E-state index contributed by atoms with van der Waals surface area (Å²) in [5, 5.41) is 2.63. The van der Waals surface area contributed by atoms with Crippen molar-refractivity contribution >= 4 is 28.6 Å². The average Bonchev–Trinajstić information content (AvgIpc) is 2.78. The van der Waals surface area contributed by atoms with E-state index in [-0.39, 0.29) is 11.1 Å². The van der Waals surface area contributed by atoms with Gasteiger partial charge in [-0.25, -0.2) is 9.78 Å². The van der Waals surface area contributed by atoms with Crippen molar-refractivity contribution in [3.05, 3.63) is 58.0 Å². The number of methoxy groups -OCH3 is 2. The van der Waals surface area contributed by atoms with Crippen molar-refractivity contribution in [2.24, 2.45) is 0 Å². The lowest BCUT2D eigenvalue weighted by Crippen LogP contribution is -2.23. The number of aromatic nitrogens is 2. The van der Waals surface area contributed by atoms with Crippen LogP contribution in [0.1, 0.15) is 23.0 Å². The first-order valence-corrected chi connectivity index (χ1v) is 9.58. The van der Waals surface area contributed by atoms with Crippen LogP contribution in [0.5, 0.6) is 11.5 Å². The second-order valence-corrected chi connectivity index (χ2v) is 6.64. The molecule has 0 saturated carbocycles. The van der Waals surface area contributed by atoms with E-state index in [2.05, 4.69) is 10.3 Å². The molecule has 1 heterocycles. The van der Waals surface area contributed by atoms with Gasteiger partial charge in [0.2, 0.25) is 0 Å². The first kappa shape index (κ1) is 21.8. The minimum atomic E-state index is -0.674. The summed E-state index contributed by atoms with van der Waals surface area (Å²) >= 11 is 0. The highest BCUT2D eigenvalue weighted by Crippen LogP contribution is 2.28. The number of hydrogen-bond donors (Lipinski definition) is 1. The second-order valence-electron chi connectivity index (χ2n) is 6.64.